The van der Waals surface area contributed by atoms with Gasteiger partial charge in [0.15, 0.2) is 0 Å². The van der Waals surface area contributed by atoms with E-state index in [-0.39, 0.29) is 59.0 Å². The van der Waals surface area contributed by atoms with Crippen molar-refractivity contribution in [1.82, 2.24) is 0 Å². The van der Waals surface area contributed by atoms with Crippen molar-refractivity contribution in [3.63, 3.8) is 0 Å². The van der Waals surface area contributed by atoms with Crippen LogP contribution in [-0.4, -0.2) is 21.9 Å². The molecule has 6 heteroatoms. The molecule has 0 unspecified atom stereocenters. The van der Waals surface area contributed by atoms with Gasteiger partial charge in [-0.2, -0.15) is 0 Å². The Morgan fingerprint density at radius 3 is 0.333 bits per heavy atom. The van der Waals surface area contributed by atoms with Crippen LogP contribution >= 0.6 is 0 Å². The van der Waals surface area contributed by atoms with Gasteiger partial charge in [-0.1, -0.05) is 0 Å². The van der Waals surface area contributed by atoms with Gasteiger partial charge >= 0.3 is 0 Å². The Morgan fingerprint density at radius 1 is 0.333 bits per heavy atom. The summed E-state index contributed by atoms with van der Waals surface area (Å²) in [5.74, 6) is 0. The third-order valence-corrected chi connectivity index (χ3v) is 0. The van der Waals surface area contributed by atoms with E-state index in [1.165, 1.54) is 0 Å². The monoisotopic (exact) mass is 170 g/mol. The smallest absolute Gasteiger partial charge is 0 e. The van der Waals surface area contributed by atoms with E-state index in [0.717, 1.165) is 0 Å². The molecular formula is H4O4V2-4. The van der Waals surface area contributed by atoms with E-state index in [1.54, 1.807) is 0 Å². The minimum Gasteiger partial charge on any atom is -0.870 e. The Kier molecular flexibility index (Phi) is 6140. The van der Waals surface area contributed by atoms with Crippen LogP contribution in [0.5, 0.6) is 0 Å². The summed E-state index contributed by atoms with van der Waals surface area (Å²) in [6, 6.07) is 0. The Bertz CT molecular complexity index is 5.51. The summed E-state index contributed by atoms with van der Waals surface area (Å²) in [7, 11) is 0. The molecule has 6 heavy (non-hydrogen) atoms. The molecule has 2 radical (unpaired) electrons. The van der Waals surface area contributed by atoms with Crippen molar-refractivity contribution >= 4 is 0 Å². The average Bonchev–Trinajstić information content (AvgIpc) is 0. The zero-order chi connectivity index (χ0) is 0. The van der Waals surface area contributed by atoms with Crippen LogP contribution in [0.3, 0.4) is 0 Å². The largest absolute Gasteiger partial charge is 0.870 e. The van der Waals surface area contributed by atoms with E-state index in [9.17, 15) is 0 Å². The topological polar surface area (TPSA) is 120 Å². The summed E-state index contributed by atoms with van der Waals surface area (Å²) in [6.45, 7) is 0. The van der Waals surface area contributed by atoms with Gasteiger partial charge in [-0.25, -0.2) is 0 Å². The fourth-order valence-corrected chi connectivity index (χ4v) is 0. The van der Waals surface area contributed by atoms with E-state index >= 15 is 0 Å². The molecular weight excluding hydrogens is 166 g/mol. The standard InChI is InChI=1S/4H2O.2V/h4*1H2;;/p-4. The molecule has 0 fully saturated rings. The zero-order valence-corrected chi connectivity index (χ0v) is 5.48. The van der Waals surface area contributed by atoms with E-state index in [2.05, 4.69) is 0 Å². The SMILES string of the molecule is [OH-].[OH-].[OH-].[OH-].[V].[V]. The summed E-state index contributed by atoms with van der Waals surface area (Å²) in [6.07, 6.45) is 0. The van der Waals surface area contributed by atoms with Gasteiger partial charge < -0.3 is 21.9 Å². The molecule has 0 saturated carbocycles. The molecule has 4 nitrogen and oxygen atoms in total. The van der Waals surface area contributed by atoms with Crippen molar-refractivity contribution in [1.29, 1.82) is 0 Å². The van der Waals surface area contributed by atoms with Crippen molar-refractivity contribution in [2.24, 2.45) is 0 Å². The second kappa shape index (κ2) is 148. The summed E-state index contributed by atoms with van der Waals surface area (Å²) >= 11 is 0. The normalized spacial score (nSPS) is 0. The summed E-state index contributed by atoms with van der Waals surface area (Å²) in [5, 5.41) is 0. The van der Waals surface area contributed by atoms with Gasteiger partial charge in [0.05, 0.1) is 0 Å². The average molecular weight is 170 g/mol. The molecule has 0 aromatic carbocycles. The van der Waals surface area contributed by atoms with Crippen LogP contribution in [0.15, 0.2) is 0 Å². The Labute approximate surface area is 59.3 Å². The second-order valence-electron chi connectivity index (χ2n) is 0. The zero-order valence-electron chi connectivity index (χ0n) is 2.68. The van der Waals surface area contributed by atoms with E-state index in [0.29, 0.717) is 0 Å². The third-order valence-electron chi connectivity index (χ3n) is 0. The molecule has 0 aliphatic rings. The van der Waals surface area contributed by atoms with Gasteiger partial charge in [0.2, 0.25) is 0 Å². The summed E-state index contributed by atoms with van der Waals surface area (Å²) < 4.78 is 0. The molecule has 0 aliphatic carbocycles. The van der Waals surface area contributed by atoms with Crippen LogP contribution in [0.25, 0.3) is 0 Å². The maximum Gasteiger partial charge on any atom is 0 e. The van der Waals surface area contributed by atoms with Crippen molar-refractivity contribution in [3.8, 4) is 0 Å². The molecule has 0 spiro atoms. The van der Waals surface area contributed by atoms with Gasteiger partial charge in [0, 0.05) is 37.1 Å². The summed E-state index contributed by atoms with van der Waals surface area (Å²) in [4.78, 5) is 0. The van der Waals surface area contributed by atoms with Crippen molar-refractivity contribution < 1.29 is 59.0 Å². The van der Waals surface area contributed by atoms with E-state index in [4.69, 9.17) is 0 Å². The summed E-state index contributed by atoms with van der Waals surface area (Å²) in [5.41, 5.74) is 0. The Hall–Kier alpha value is 1.01. The molecule has 4 N–H and O–H groups in total. The number of rotatable bonds is 0. The number of hydrogen-bond acceptors (Lipinski definition) is 4. The van der Waals surface area contributed by atoms with Gasteiger partial charge in [0.25, 0.3) is 0 Å². The molecule has 0 aromatic heterocycles. The van der Waals surface area contributed by atoms with Gasteiger partial charge in [-0.3, -0.25) is 0 Å². The molecule has 0 rings (SSSR count). The minimum absolute atomic E-state index is 0. The van der Waals surface area contributed by atoms with Gasteiger partial charge in [-0.15, -0.1) is 0 Å². The number of hydrogen-bond donors (Lipinski definition) is 0. The van der Waals surface area contributed by atoms with Crippen LogP contribution in [0.4, 0.5) is 0 Å². The first kappa shape index (κ1) is 249. The minimum atomic E-state index is 0. The van der Waals surface area contributed by atoms with Crippen LogP contribution in [0.2, 0.25) is 0 Å². The molecule has 42 valence electrons. The molecule has 0 aromatic rings. The van der Waals surface area contributed by atoms with Gasteiger partial charge in [-0.05, 0) is 0 Å². The molecule has 0 saturated heterocycles. The molecule has 0 amide bonds. The molecule has 0 atom stereocenters. The van der Waals surface area contributed by atoms with Crippen molar-refractivity contribution in [3.05, 3.63) is 0 Å². The maximum absolute atomic E-state index is 0. The fourth-order valence-electron chi connectivity index (χ4n) is 0. The third kappa shape index (κ3) is 79.1. The van der Waals surface area contributed by atoms with E-state index in [1.807, 2.05) is 0 Å². The van der Waals surface area contributed by atoms with E-state index < -0.39 is 0 Å². The fraction of sp³-hybridized carbons (Fsp3) is 0. The Morgan fingerprint density at radius 2 is 0.333 bits per heavy atom. The first-order valence-corrected chi connectivity index (χ1v) is 0. The maximum atomic E-state index is 0. The molecule has 0 bridgehead atoms. The van der Waals surface area contributed by atoms with Crippen molar-refractivity contribution in [2.75, 3.05) is 0 Å². The predicted octanol–water partition coefficient (Wildman–Crippen LogP) is -0.712. The van der Waals surface area contributed by atoms with Crippen LogP contribution in [0.1, 0.15) is 0 Å². The van der Waals surface area contributed by atoms with Crippen LogP contribution in [0, 0.1) is 0 Å². The second-order valence-corrected chi connectivity index (χ2v) is 0. The molecule has 0 aliphatic heterocycles. The van der Waals surface area contributed by atoms with Crippen molar-refractivity contribution in [2.45, 2.75) is 0 Å². The predicted molar refractivity (Wildman–Crippen MR) is 7.74 cm³/mol. The van der Waals surface area contributed by atoms with Gasteiger partial charge in [0.1, 0.15) is 0 Å². The molecule has 0 heterocycles. The first-order valence-electron chi connectivity index (χ1n) is 0. The van der Waals surface area contributed by atoms with Crippen LogP contribution < -0.4 is 0 Å². The van der Waals surface area contributed by atoms with Crippen LogP contribution in [-0.2, 0) is 37.1 Å². The Balaban J connectivity index is 0. The first-order chi connectivity index (χ1) is 0. The quantitative estimate of drug-likeness (QED) is 0.476.